The van der Waals surface area contributed by atoms with Gasteiger partial charge in [-0.1, -0.05) is 23.4 Å². The molecule has 2 bridgehead atoms. The van der Waals surface area contributed by atoms with Crippen molar-refractivity contribution >= 4 is 16.9 Å². The normalized spacial score (nSPS) is 21.9. The van der Waals surface area contributed by atoms with Gasteiger partial charge in [0.25, 0.3) is 5.56 Å². The van der Waals surface area contributed by atoms with Crippen LogP contribution in [0.15, 0.2) is 58.6 Å². The summed E-state index contributed by atoms with van der Waals surface area (Å²) in [6.07, 6.45) is 2.70. The van der Waals surface area contributed by atoms with Crippen LogP contribution in [-0.4, -0.2) is 43.6 Å². The Kier molecular flexibility index (Phi) is 3.67. The van der Waals surface area contributed by atoms with Gasteiger partial charge in [0, 0.05) is 37.3 Å². The van der Waals surface area contributed by atoms with Crippen molar-refractivity contribution in [2.75, 3.05) is 13.1 Å². The van der Waals surface area contributed by atoms with Crippen LogP contribution in [0.1, 0.15) is 23.7 Å². The fourth-order valence-electron chi connectivity index (χ4n) is 4.41. The van der Waals surface area contributed by atoms with Crippen LogP contribution >= 0.6 is 0 Å². The van der Waals surface area contributed by atoms with Gasteiger partial charge in [0.2, 0.25) is 0 Å². The number of hydrogen-bond donors (Lipinski definition) is 1. The van der Waals surface area contributed by atoms with E-state index >= 15 is 0 Å². The van der Waals surface area contributed by atoms with Gasteiger partial charge in [0.15, 0.2) is 5.84 Å². The van der Waals surface area contributed by atoms with E-state index in [9.17, 15) is 10.0 Å². The summed E-state index contributed by atoms with van der Waals surface area (Å²) in [7, 11) is 0. The topological polar surface area (TPSA) is 83.6 Å². The Balaban J connectivity index is 1.50. The molecule has 2 aromatic heterocycles. The van der Waals surface area contributed by atoms with Gasteiger partial charge in [-0.25, -0.2) is 4.98 Å². The molecule has 0 amide bonds. The molecule has 27 heavy (non-hydrogen) atoms. The summed E-state index contributed by atoms with van der Waals surface area (Å²) in [4.78, 5) is 23.3. The van der Waals surface area contributed by atoms with Gasteiger partial charge < -0.3 is 14.7 Å². The summed E-state index contributed by atoms with van der Waals surface area (Å²) >= 11 is 0. The average molecular weight is 361 g/mol. The molecule has 0 spiro atoms. The third-order valence-corrected chi connectivity index (χ3v) is 5.55. The summed E-state index contributed by atoms with van der Waals surface area (Å²) in [6.45, 7) is 2.11. The second-order valence-electron chi connectivity index (χ2n) is 7.27. The van der Waals surface area contributed by atoms with Crippen LogP contribution < -0.4 is 5.56 Å². The first-order valence-electron chi connectivity index (χ1n) is 9.12. The molecule has 5 rings (SSSR count). The van der Waals surface area contributed by atoms with Gasteiger partial charge >= 0.3 is 0 Å². The Morgan fingerprint density at radius 3 is 2.78 bits per heavy atom. The number of para-hydroxylation sites is 2. The van der Waals surface area contributed by atoms with E-state index in [0.29, 0.717) is 30.5 Å². The monoisotopic (exact) mass is 361 g/mol. The molecule has 7 heteroatoms. The van der Waals surface area contributed by atoms with Crippen LogP contribution in [0.4, 0.5) is 0 Å². The lowest BCUT2D eigenvalue weighted by molar-refractivity contribution is 0.173. The number of aromatic nitrogens is 3. The van der Waals surface area contributed by atoms with E-state index in [1.54, 1.807) is 12.3 Å². The van der Waals surface area contributed by atoms with Crippen molar-refractivity contribution in [3.63, 3.8) is 0 Å². The molecule has 2 aliphatic rings. The second kappa shape index (κ2) is 6.19. The Bertz CT molecular complexity index is 1110. The zero-order valence-corrected chi connectivity index (χ0v) is 14.7. The zero-order valence-electron chi connectivity index (χ0n) is 14.7. The number of likely N-dealkylation sites (tertiary alicyclic amines) is 1. The van der Waals surface area contributed by atoms with E-state index in [1.807, 2.05) is 41.0 Å². The van der Waals surface area contributed by atoms with Crippen molar-refractivity contribution < 1.29 is 5.21 Å². The van der Waals surface area contributed by atoms with Crippen molar-refractivity contribution in [1.29, 1.82) is 0 Å². The van der Waals surface area contributed by atoms with E-state index in [4.69, 9.17) is 0 Å². The first kappa shape index (κ1) is 16.0. The summed E-state index contributed by atoms with van der Waals surface area (Å²) in [5, 5.41) is 13.3. The summed E-state index contributed by atoms with van der Waals surface area (Å²) in [6, 6.07) is 13.1. The van der Waals surface area contributed by atoms with E-state index in [-0.39, 0.29) is 11.5 Å². The first-order chi connectivity index (χ1) is 13.2. The Hall–Kier alpha value is -3.22. The SMILES string of the molecule is O=c1cccc2n1C[C@@H]1C[C@H]2CN(/C(=N/O)c2cnc3ccccc3n2)C1. The number of benzene rings is 1. The molecule has 7 nitrogen and oxygen atoms in total. The lowest BCUT2D eigenvalue weighted by Gasteiger charge is -2.43. The lowest BCUT2D eigenvalue weighted by Crippen LogP contribution is -2.49. The number of nitrogens with zero attached hydrogens (tertiary/aromatic N) is 5. The highest BCUT2D eigenvalue weighted by molar-refractivity contribution is 5.97. The Morgan fingerprint density at radius 1 is 1.07 bits per heavy atom. The summed E-state index contributed by atoms with van der Waals surface area (Å²) in [5.74, 6) is 1.01. The lowest BCUT2D eigenvalue weighted by atomic mass is 9.83. The highest BCUT2D eigenvalue weighted by Crippen LogP contribution is 2.35. The summed E-state index contributed by atoms with van der Waals surface area (Å²) < 4.78 is 1.89. The molecular formula is C20H19N5O2. The van der Waals surface area contributed by atoms with E-state index in [1.165, 1.54) is 0 Å². The van der Waals surface area contributed by atoms with Crippen LogP contribution in [0, 0.1) is 5.92 Å². The van der Waals surface area contributed by atoms with E-state index in [2.05, 4.69) is 20.0 Å². The van der Waals surface area contributed by atoms with Crippen LogP contribution in [-0.2, 0) is 6.54 Å². The number of oxime groups is 1. The molecular weight excluding hydrogens is 342 g/mol. The molecule has 1 saturated heterocycles. The number of fused-ring (bicyclic) bond motifs is 5. The van der Waals surface area contributed by atoms with Gasteiger partial charge in [-0.3, -0.25) is 9.78 Å². The minimum absolute atomic E-state index is 0.0621. The van der Waals surface area contributed by atoms with Crippen molar-refractivity contribution in [3.8, 4) is 0 Å². The third-order valence-electron chi connectivity index (χ3n) is 5.55. The number of pyridine rings is 1. The molecule has 4 heterocycles. The fraction of sp³-hybridized carbons (Fsp3) is 0.300. The molecule has 1 fully saturated rings. The number of hydrogen-bond acceptors (Lipinski definition) is 5. The molecule has 3 aromatic rings. The maximum Gasteiger partial charge on any atom is 0.250 e. The highest BCUT2D eigenvalue weighted by Gasteiger charge is 2.36. The van der Waals surface area contributed by atoms with Crippen LogP contribution in [0.3, 0.4) is 0 Å². The fourth-order valence-corrected chi connectivity index (χ4v) is 4.41. The van der Waals surface area contributed by atoms with Gasteiger partial charge in [-0.05, 0) is 30.5 Å². The summed E-state index contributed by atoms with van der Waals surface area (Å²) in [5.41, 5.74) is 3.26. The third kappa shape index (κ3) is 2.66. The Labute approximate surface area is 155 Å². The quantitative estimate of drug-likeness (QED) is 0.310. The first-order valence-corrected chi connectivity index (χ1v) is 9.12. The minimum Gasteiger partial charge on any atom is -0.409 e. The van der Waals surface area contributed by atoms with Gasteiger partial charge in [0.05, 0.1) is 17.2 Å². The van der Waals surface area contributed by atoms with Crippen molar-refractivity contribution in [2.45, 2.75) is 18.9 Å². The predicted molar refractivity (Wildman–Crippen MR) is 101 cm³/mol. The predicted octanol–water partition coefficient (Wildman–Crippen LogP) is 2.05. The van der Waals surface area contributed by atoms with Gasteiger partial charge in [-0.2, -0.15) is 0 Å². The molecule has 0 radical (unpaired) electrons. The van der Waals surface area contributed by atoms with Gasteiger partial charge in [-0.15, -0.1) is 0 Å². The Morgan fingerprint density at radius 2 is 1.93 bits per heavy atom. The number of piperidine rings is 1. The number of rotatable bonds is 1. The molecule has 2 atom stereocenters. The largest absolute Gasteiger partial charge is 0.409 e. The molecule has 1 N–H and O–H groups in total. The zero-order chi connectivity index (χ0) is 18.4. The minimum atomic E-state index is 0.0621. The van der Waals surface area contributed by atoms with Crippen LogP contribution in [0.25, 0.3) is 11.0 Å². The molecule has 1 aromatic carbocycles. The molecule has 0 aliphatic carbocycles. The van der Waals surface area contributed by atoms with Gasteiger partial charge in [0.1, 0.15) is 5.69 Å². The standard InChI is InChI=1S/C20H19N5O2/c26-19-7-3-6-18-14-8-13(11-25(18)19)10-24(12-14)20(23-27)17-9-21-15-4-1-2-5-16(15)22-17/h1-7,9,13-14,27H,8,10-12H2/b23-20+/t13-,14+/m1/s1. The maximum absolute atomic E-state index is 12.2. The second-order valence-corrected chi connectivity index (χ2v) is 7.27. The van der Waals surface area contributed by atoms with Crippen molar-refractivity contribution in [2.24, 2.45) is 11.1 Å². The van der Waals surface area contributed by atoms with Crippen LogP contribution in [0.5, 0.6) is 0 Å². The van der Waals surface area contributed by atoms with E-state index in [0.717, 1.165) is 29.7 Å². The van der Waals surface area contributed by atoms with E-state index < -0.39 is 0 Å². The average Bonchev–Trinajstić information content (AvgIpc) is 2.69. The molecule has 2 aliphatic heterocycles. The van der Waals surface area contributed by atoms with Crippen molar-refractivity contribution in [3.05, 3.63) is 70.4 Å². The van der Waals surface area contributed by atoms with Crippen molar-refractivity contribution in [1.82, 2.24) is 19.4 Å². The molecule has 0 saturated carbocycles. The maximum atomic E-state index is 12.2. The smallest absolute Gasteiger partial charge is 0.250 e. The molecule has 0 unspecified atom stereocenters. The highest BCUT2D eigenvalue weighted by atomic mass is 16.4. The van der Waals surface area contributed by atoms with Crippen LogP contribution in [0.2, 0.25) is 0 Å². The molecule has 136 valence electrons. The number of amidine groups is 1.